The van der Waals surface area contributed by atoms with Gasteiger partial charge in [-0.1, -0.05) is 0 Å². The van der Waals surface area contributed by atoms with E-state index in [0.717, 1.165) is 6.08 Å². The zero-order valence-corrected chi connectivity index (χ0v) is 7.32. The van der Waals surface area contributed by atoms with Gasteiger partial charge in [-0.15, -0.1) is 0 Å². The molecule has 4 heteroatoms. The summed E-state index contributed by atoms with van der Waals surface area (Å²) in [7, 11) is 0. The summed E-state index contributed by atoms with van der Waals surface area (Å²) in [5, 5.41) is 8.30. The third-order valence-electron chi connectivity index (χ3n) is 1.06. The van der Waals surface area contributed by atoms with Crippen LogP contribution in [0.1, 0.15) is 13.8 Å². The molecule has 0 rings (SSSR count). The quantitative estimate of drug-likeness (QED) is 0.482. The average molecular weight is 174 g/mol. The Balaban J connectivity index is 3.84. The van der Waals surface area contributed by atoms with Gasteiger partial charge in [-0.05, 0) is 19.9 Å². The Kier molecular flexibility index (Phi) is 6.32. The van der Waals surface area contributed by atoms with E-state index < -0.39 is 12.3 Å². The molecule has 0 heterocycles. The smallest absolute Gasteiger partial charge is 0.328 e. The van der Waals surface area contributed by atoms with E-state index in [1.54, 1.807) is 0 Å². The van der Waals surface area contributed by atoms with Gasteiger partial charge >= 0.3 is 5.97 Å². The normalized spacial score (nSPS) is 11.2. The molecule has 0 aromatic carbocycles. The van der Waals surface area contributed by atoms with Gasteiger partial charge in [-0.3, -0.25) is 0 Å². The van der Waals surface area contributed by atoms with E-state index in [1.807, 2.05) is 13.8 Å². The Morgan fingerprint density at radius 1 is 1.42 bits per heavy atom. The highest BCUT2D eigenvalue weighted by Gasteiger charge is 2.02. The summed E-state index contributed by atoms with van der Waals surface area (Å²) in [5.41, 5.74) is 0. The monoisotopic (exact) mass is 174 g/mol. The largest absolute Gasteiger partial charge is 0.478 e. The van der Waals surface area contributed by atoms with E-state index in [4.69, 9.17) is 14.6 Å². The first-order chi connectivity index (χ1) is 5.70. The lowest BCUT2D eigenvalue weighted by Crippen LogP contribution is -2.14. The summed E-state index contributed by atoms with van der Waals surface area (Å²) in [4.78, 5) is 10.1. The molecular formula is C8H14O4. The van der Waals surface area contributed by atoms with E-state index in [-0.39, 0.29) is 0 Å². The first kappa shape index (κ1) is 11.1. The Labute approximate surface area is 71.8 Å². The summed E-state index contributed by atoms with van der Waals surface area (Å²) < 4.78 is 10.1. The molecule has 0 saturated carbocycles. The molecule has 0 unspecified atom stereocenters. The zero-order valence-electron chi connectivity index (χ0n) is 7.32. The number of hydrogen-bond acceptors (Lipinski definition) is 3. The highest BCUT2D eigenvalue weighted by atomic mass is 16.7. The minimum absolute atomic E-state index is 0.495. The van der Waals surface area contributed by atoms with Gasteiger partial charge in [0.1, 0.15) is 0 Å². The molecule has 0 aromatic heterocycles. The van der Waals surface area contributed by atoms with Crippen molar-refractivity contribution in [3.8, 4) is 0 Å². The number of aliphatic carboxylic acids is 1. The molecule has 0 amide bonds. The molecule has 0 spiro atoms. The molecule has 0 aromatic rings. The number of carboxylic acids is 1. The predicted octanol–water partition coefficient (Wildman–Crippen LogP) is 1.03. The topological polar surface area (TPSA) is 55.8 Å². The molecule has 0 fully saturated rings. The third-order valence-corrected chi connectivity index (χ3v) is 1.06. The third kappa shape index (κ3) is 5.88. The van der Waals surface area contributed by atoms with Gasteiger partial charge in [0, 0.05) is 19.3 Å². The molecule has 0 aliphatic carbocycles. The molecule has 0 bridgehead atoms. The number of carboxylic acid groups (broad SMARTS) is 1. The Bertz CT molecular complexity index is 147. The van der Waals surface area contributed by atoms with Crippen LogP contribution in [-0.4, -0.2) is 30.6 Å². The van der Waals surface area contributed by atoms with Crippen LogP contribution in [0, 0.1) is 0 Å². The van der Waals surface area contributed by atoms with Crippen LogP contribution < -0.4 is 0 Å². The van der Waals surface area contributed by atoms with E-state index in [0.29, 0.717) is 13.2 Å². The number of carbonyl (C=O) groups is 1. The highest BCUT2D eigenvalue weighted by Crippen LogP contribution is 1.96. The molecule has 1 N–H and O–H groups in total. The first-order valence-corrected chi connectivity index (χ1v) is 3.85. The molecule has 0 atom stereocenters. The highest BCUT2D eigenvalue weighted by molar-refractivity contribution is 5.79. The molecule has 0 aliphatic rings. The molecule has 0 radical (unpaired) electrons. The lowest BCUT2D eigenvalue weighted by Gasteiger charge is -2.11. The molecule has 12 heavy (non-hydrogen) atoms. The second kappa shape index (κ2) is 6.82. The molecule has 70 valence electrons. The van der Waals surface area contributed by atoms with E-state index in [1.165, 1.54) is 6.08 Å². The van der Waals surface area contributed by atoms with Crippen LogP contribution >= 0.6 is 0 Å². The van der Waals surface area contributed by atoms with Crippen molar-refractivity contribution in [3.63, 3.8) is 0 Å². The van der Waals surface area contributed by atoms with Crippen LogP contribution in [0.15, 0.2) is 12.2 Å². The standard InChI is InChI=1S/C8H14O4/c1-3-11-8(12-4-2)6-5-7(9)10/h5-6,8H,3-4H2,1-2H3,(H,9,10)/b6-5+. The van der Waals surface area contributed by atoms with Crippen LogP contribution in [-0.2, 0) is 14.3 Å². The first-order valence-electron chi connectivity index (χ1n) is 3.85. The molecule has 0 saturated heterocycles. The average Bonchev–Trinajstić information content (AvgIpc) is 2.01. The molecule has 4 nitrogen and oxygen atoms in total. The van der Waals surface area contributed by atoms with Crippen molar-refractivity contribution in [3.05, 3.63) is 12.2 Å². The summed E-state index contributed by atoms with van der Waals surface area (Å²) >= 11 is 0. The van der Waals surface area contributed by atoms with Gasteiger partial charge < -0.3 is 14.6 Å². The van der Waals surface area contributed by atoms with Crippen molar-refractivity contribution in [2.75, 3.05) is 13.2 Å². The van der Waals surface area contributed by atoms with E-state index >= 15 is 0 Å². The van der Waals surface area contributed by atoms with Crippen LogP contribution in [0.2, 0.25) is 0 Å². The maximum absolute atomic E-state index is 10.1. The molecule has 0 aliphatic heterocycles. The van der Waals surface area contributed by atoms with Gasteiger partial charge in [0.05, 0.1) is 0 Å². The van der Waals surface area contributed by atoms with Crippen LogP contribution in [0.4, 0.5) is 0 Å². The van der Waals surface area contributed by atoms with Crippen molar-refractivity contribution in [2.45, 2.75) is 20.1 Å². The fourth-order valence-electron chi connectivity index (χ4n) is 0.649. The lowest BCUT2D eigenvalue weighted by atomic mass is 10.5. The van der Waals surface area contributed by atoms with Gasteiger partial charge in [-0.25, -0.2) is 4.79 Å². The summed E-state index contributed by atoms with van der Waals surface area (Å²) in [6.07, 6.45) is 1.83. The minimum Gasteiger partial charge on any atom is -0.478 e. The Hall–Kier alpha value is -0.870. The van der Waals surface area contributed by atoms with Crippen LogP contribution in [0.3, 0.4) is 0 Å². The van der Waals surface area contributed by atoms with E-state index in [2.05, 4.69) is 0 Å². The molecular weight excluding hydrogens is 160 g/mol. The SMILES string of the molecule is CCOC(/C=C/C(=O)O)OCC. The Morgan fingerprint density at radius 3 is 2.25 bits per heavy atom. The maximum atomic E-state index is 10.1. The summed E-state index contributed by atoms with van der Waals surface area (Å²) in [6, 6.07) is 0. The van der Waals surface area contributed by atoms with Gasteiger partial charge in [0.25, 0.3) is 0 Å². The van der Waals surface area contributed by atoms with Crippen molar-refractivity contribution < 1.29 is 19.4 Å². The minimum atomic E-state index is -1.00. The summed E-state index contributed by atoms with van der Waals surface area (Å²) in [6.45, 7) is 4.63. The van der Waals surface area contributed by atoms with Crippen molar-refractivity contribution in [1.82, 2.24) is 0 Å². The second-order valence-electron chi connectivity index (χ2n) is 1.98. The fourth-order valence-corrected chi connectivity index (χ4v) is 0.649. The lowest BCUT2D eigenvalue weighted by molar-refractivity contribution is -0.132. The van der Waals surface area contributed by atoms with Crippen molar-refractivity contribution >= 4 is 5.97 Å². The van der Waals surface area contributed by atoms with Crippen LogP contribution in [0.25, 0.3) is 0 Å². The number of hydrogen-bond donors (Lipinski definition) is 1. The van der Waals surface area contributed by atoms with Crippen LogP contribution in [0.5, 0.6) is 0 Å². The number of ether oxygens (including phenoxy) is 2. The second-order valence-corrected chi connectivity index (χ2v) is 1.98. The van der Waals surface area contributed by atoms with E-state index in [9.17, 15) is 4.79 Å². The van der Waals surface area contributed by atoms with Crippen molar-refractivity contribution in [1.29, 1.82) is 0 Å². The van der Waals surface area contributed by atoms with Gasteiger partial charge in [0.2, 0.25) is 0 Å². The summed E-state index contributed by atoms with van der Waals surface area (Å²) in [5.74, 6) is -1.00. The zero-order chi connectivity index (χ0) is 9.40. The fraction of sp³-hybridized carbons (Fsp3) is 0.625. The maximum Gasteiger partial charge on any atom is 0.328 e. The van der Waals surface area contributed by atoms with Gasteiger partial charge in [-0.2, -0.15) is 0 Å². The Morgan fingerprint density at radius 2 is 1.92 bits per heavy atom. The van der Waals surface area contributed by atoms with Gasteiger partial charge in [0.15, 0.2) is 6.29 Å². The van der Waals surface area contributed by atoms with Crippen molar-refractivity contribution in [2.24, 2.45) is 0 Å². The number of rotatable bonds is 6. The predicted molar refractivity (Wildman–Crippen MR) is 43.8 cm³/mol.